The van der Waals surface area contributed by atoms with E-state index in [4.69, 9.17) is 4.52 Å². The molecule has 0 aliphatic carbocycles. The zero-order chi connectivity index (χ0) is 14.0. The van der Waals surface area contributed by atoms with Gasteiger partial charge in [-0.25, -0.2) is 8.78 Å². The summed E-state index contributed by atoms with van der Waals surface area (Å²) in [6.45, 7) is 5.94. The number of benzene rings is 1. The Bertz CT molecular complexity index is 578. The zero-order valence-corrected chi connectivity index (χ0v) is 11.7. The second-order valence-electron chi connectivity index (χ2n) is 5.13. The van der Waals surface area contributed by atoms with Crippen LogP contribution < -0.4 is 0 Å². The number of nitrogens with zero attached hydrogens (tertiary/aromatic N) is 2. The van der Waals surface area contributed by atoms with Crippen molar-refractivity contribution in [3.63, 3.8) is 0 Å². The summed E-state index contributed by atoms with van der Waals surface area (Å²) in [7, 11) is 0. The highest BCUT2D eigenvalue weighted by atomic mass is 32.2. The molecule has 2 aromatic rings. The maximum absolute atomic E-state index is 13.0. The van der Waals surface area contributed by atoms with Crippen LogP contribution in [0.3, 0.4) is 0 Å². The van der Waals surface area contributed by atoms with E-state index in [1.165, 1.54) is 17.8 Å². The molecule has 0 amide bonds. The third-order valence-corrected chi connectivity index (χ3v) is 3.36. The van der Waals surface area contributed by atoms with Gasteiger partial charge < -0.3 is 4.52 Å². The molecule has 0 spiro atoms. The smallest absolute Gasteiger partial charge is 0.232 e. The molecular formula is C13H14F2N2OS. The van der Waals surface area contributed by atoms with E-state index in [1.807, 2.05) is 20.8 Å². The predicted molar refractivity (Wildman–Crippen MR) is 68.9 cm³/mol. The van der Waals surface area contributed by atoms with Gasteiger partial charge in [-0.2, -0.15) is 4.98 Å². The monoisotopic (exact) mass is 284 g/mol. The Morgan fingerprint density at radius 1 is 1.21 bits per heavy atom. The Balaban J connectivity index is 2.02. The van der Waals surface area contributed by atoms with Gasteiger partial charge in [-0.1, -0.05) is 25.9 Å². The summed E-state index contributed by atoms with van der Waals surface area (Å²) < 4.78 is 31.0. The van der Waals surface area contributed by atoms with E-state index in [0.717, 1.165) is 12.1 Å². The third kappa shape index (κ3) is 3.53. The molecule has 0 aliphatic heterocycles. The minimum absolute atomic E-state index is 0.197. The first-order valence-corrected chi connectivity index (χ1v) is 6.76. The van der Waals surface area contributed by atoms with Crippen LogP contribution in [0.1, 0.15) is 32.5 Å². The SMILES string of the molecule is CC(C)(C)c1nc(CSc2ccc(F)c(F)c2)no1. The average Bonchev–Trinajstić information content (AvgIpc) is 2.79. The van der Waals surface area contributed by atoms with Gasteiger partial charge in [-0.3, -0.25) is 0 Å². The molecule has 1 heterocycles. The molecule has 0 aliphatic rings. The summed E-state index contributed by atoms with van der Waals surface area (Å²) >= 11 is 1.33. The molecule has 0 bridgehead atoms. The Morgan fingerprint density at radius 2 is 1.95 bits per heavy atom. The van der Waals surface area contributed by atoms with E-state index < -0.39 is 11.6 Å². The Kier molecular flexibility index (Phi) is 3.89. The molecule has 3 nitrogen and oxygen atoms in total. The van der Waals surface area contributed by atoms with Crippen LogP contribution in [0.4, 0.5) is 8.78 Å². The fourth-order valence-electron chi connectivity index (χ4n) is 1.33. The summed E-state index contributed by atoms with van der Waals surface area (Å²) in [6.07, 6.45) is 0. The number of hydrogen-bond donors (Lipinski definition) is 0. The van der Waals surface area contributed by atoms with E-state index in [9.17, 15) is 8.78 Å². The second kappa shape index (κ2) is 5.28. The highest BCUT2D eigenvalue weighted by molar-refractivity contribution is 7.98. The Hall–Kier alpha value is -1.43. The number of aromatic nitrogens is 2. The first kappa shape index (κ1) is 14.0. The average molecular weight is 284 g/mol. The van der Waals surface area contributed by atoms with Crippen LogP contribution in [0.25, 0.3) is 0 Å². The standard InChI is InChI=1S/C13H14F2N2OS/c1-13(2,3)12-16-11(17-18-12)7-19-8-4-5-9(14)10(15)6-8/h4-6H,7H2,1-3H3. The molecule has 0 atom stereocenters. The maximum Gasteiger partial charge on any atom is 0.232 e. The Labute approximate surface area is 114 Å². The van der Waals surface area contributed by atoms with Crippen LogP contribution in [0.15, 0.2) is 27.6 Å². The van der Waals surface area contributed by atoms with Crippen molar-refractivity contribution >= 4 is 11.8 Å². The highest BCUT2D eigenvalue weighted by Gasteiger charge is 2.21. The topological polar surface area (TPSA) is 38.9 Å². The lowest BCUT2D eigenvalue weighted by atomic mass is 9.97. The maximum atomic E-state index is 13.0. The van der Waals surface area contributed by atoms with Crippen LogP contribution in [0.2, 0.25) is 0 Å². The second-order valence-corrected chi connectivity index (χ2v) is 6.18. The molecule has 6 heteroatoms. The van der Waals surface area contributed by atoms with Gasteiger partial charge >= 0.3 is 0 Å². The summed E-state index contributed by atoms with van der Waals surface area (Å²) in [5, 5.41) is 3.86. The van der Waals surface area contributed by atoms with Gasteiger partial charge in [0.15, 0.2) is 17.5 Å². The molecule has 0 N–H and O–H groups in total. The summed E-state index contributed by atoms with van der Waals surface area (Å²) in [5.41, 5.74) is -0.197. The number of hydrogen-bond acceptors (Lipinski definition) is 4. The molecule has 102 valence electrons. The predicted octanol–water partition coefficient (Wildman–Crippen LogP) is 3.94. The zero-order valence-electron chi connectivity index (χ0n) is 10.9. The number of halogens is 2. The van der Waals surface area contributed by atoms with Crippen molar-refractivity contribution in [3.8, 4) is 0 Å². The first-order chi connectivity index (χ1) is 8.86. The molecule has 0 saturated carbocycles. The van der Waals surface area contributed by atoms with E-state index in [2.05, 4.69) is 10.1 Å². The van der Waals surface area contributed by atoms with Crippen molar-refractivity contribution < 1.29 is 13.3 Å². The molecule has 1 aromatic carbocycles. The minimum Gasteiger partial charge on any atom is -0.339 e. The lowest BCUT2D eigenvalue weighted by Gasteiger charge is -2.10. The van der Waals surface area contributed by atoms with Gasteiger partial charge in [-0.15, -0.1) is 11.8 Å². The summed E-state index contributed by atoms with van der Waals surface area (Å²) in [4.78, 5) is 4.90. The van der Waals surface area contributed by atoms with Crippen LogP contribution >= 0.6 is 11.8 Å². The van der Waals surface area contributed by atoms with E-state index in [0.29, 0.717) is 22.4 Å². The van der Waals surface area contributed by atoms with Crippen molar-refractivity contribution in [2.24, 2.45) is 0 Å². The van der Waals surface area contributed by atoms with Gasteiger partial charge in [0.25, 0.3) is 0 Å². The lowest BCUT2D eigenvalue weighted by Crippen LogP contribution is -2.11. The van der Waals surface area contributed by atoms with E-state index in [1.54, 1.807) is 0 Å². The molecule has 19 heavy (non-hydrogen) atoms. The molecule has 0 fully saturated rings. The van der Waals surface area contributed by atoms with Crippen molar-refractivity contribution in [2.45, 2.75) is 36.8 Å². The van der Waals surface area contributed by atoms with E-state index >= 15 is 0 Å². The van der Waals surface area contributed by atoms with Crippen LogP contribution in [0, 0.1) is 11.6 Å². The van der Waals surface area contributed by atoms with Gasteiger partial charge in [0.05, 0.1) is 5.75 Å². The molecule has 0 radical (unpaired) electrons. The van der Waals surface area contributed by atoms with Gasteiger partial charge in [0.2, 0.25) is 5.89 Å². The quantitative estimate of drug-likeness (QED) is 0.800. The minimum atomic E-state index is -0.853. The van der Waals surface area contributed by atoms with Crippen LogP contribution in [-0.4, -0.2) is 10.1 Å². The number of rotatable bonds is 3. The van der Waals surface area contributed by atoms with E-state index in [-0.39, 0.29) is 5.41 Å². The van der Waals surface area contributed by atoms with Crippen molar-refractivity contribution in [2.75, 3.05) is 0 Å². The van der Waals surface area contributed by atoms with Crippen molar-refractivity contribution in [3.05, 3.63) is 41.5 Å². The molecule has 2 rings (SSSR count). The normalized spacial score (nSPS) is 11.8. The van der Waals surface area contributed by atoms with Gasteiger partial charge in [0, 0.05) is 10.3 Å². The van der Waals surface area contributed by atoms with Gasteiger partial charge in [0.1, 0.15) is 0 Å². The molecule has 0 saturated heterocycles. The fourth-order valence-corrected chi connectivity index (χ4v) is 2.10. The fraction of sp³-hybridized carbons (Fsp3) is 0.385. The summed E-state index contributed by atoms with van der Waals surface area (Å²) in [6, 6.07) is 3.78. The lowest BCUT2D eigenvalue weighted by molar-refractivity contribution is 0.319. The highest BCUT2D eigenvalue weighted by Crippen LogP contribution is 2.25. The largest absolute Gasteiger partial charge is 0.339 e. The first-order valence-electron chi connectivity index (χ1n) is 5.77. The molecule has 1 aromatic heterocycles. The van der Waals surface area contributed by atoms with Crippen LogP contribution in [-0.2, 0) is 11.2 Å². The summed E-state index contributed by atoms with van der Waals surface area (Å²) in [5.74, 6) is -0.148. The van der Waals surface area contributed by atoms with Gasteiger partial charge in [-0.05, 0) is 18.2 Å². The molecule has 0 unspecified atom stereocenters. The number of thioether (sulfide) groups is 1. The molecular weight excluding hydrogens is 270 g/mol. The van der Waals surface area contributed by atoms with Crippen molar-refractivity contribution in [1.29, 1.82) is 0 Å². The third-order valence-electron chi connectivity index (χ3n) is 2.37. The van der Waals surface area contributed by atoms with Crippen molar-refractivity contribution in [1.82, 2.24) is 10.1 Å². The Morgan fingerprint density at radius 3 is 2.53 bits per heavy atom. The van der Waals surface area contributed by atoms with Crippen LogP contribution in [0.5, 0.6) is 0 Å².